The second kappa shape index (κ2) is 8.31. The van der Waals surface area contributed by atoms with Crippen molar-refractivity contribution in [1.29, 1.82) is 0 Å². The van der Waals surface area contributed by atoms with Gasteiger partial charge in [0.1, 0.15) is 0 Å². The number of ether oxygens (including phenoxy) is 1. The molecule has 3 unspecified atom stereocenters. The molecule has 1 aliphatic rings. The topological polar surface area (TPSA) is 66.8 Å². The van der Waals surface area contributed by atoms with Crippen molar-refractivity contribution in [3.63, 3.8) is 0 Å². The summed E-state index contributed by atoms with van der Waals surface area (Å²) in [6, 6.07) is 13.6. The molecule has 1 heterocycles. The minimum absolute atomic E-state index is 0.209. The zero-order valence-corrected chi connectivity index (χ0v) is 15.0. The molecule has 3 rings (SSSR count). The van der Waals surface area contributed by atoms with Crippen LogP contribution >= 0.6 is 0 Å². The second-order valence-electron chi connectivity index (χ2n) is 6.84. The number of halogens is 1. The van der Waals surface area contributed by atoms with Crippen molar-refractivity contribution < 1.29 is 23.8 Å². The summed E-state index contributed by atoms with van der Waals surface area (Å²) < 4.78 is 19.0. The van der Waals surface area contributed by atoms with Crippen molar-refractivity contribution in [3.8, 4) is 5.75 Å². The van der Waals surface area contributed by atoms with E-state index in [0.717, 1.165) is 5.56 Å². The minimum atomic E-state index is -0.898. The van der Waals surface area contributed by atoms with Crippen molar-refractivity contribution >= 4 is 12.2 Å². The highest BCUT2D eigenvalue weighted by molar-refractivity contribution is 5.82. The number of benzene rings is 2. The summed E-state index contributed by atoms with van der Waals surface area (Å²) in [6.07, 6.45) is 0.633. The smallest absolute Gasteiger partial charge is 0.228 e. The Morgan fingerprint density at radius 1 is 1.30 bits per heavy atom. The van der Waals surface area contributed by atoms with E-state index in [1.807, 2.05) is 30.3 Å². The Labute approximate surface area is 157 Å². The first-order chi connectivity index (χ1) is 13.0. The van der Waals surface area contributed by atoms with E-state index >= 15 is 0 Å². The average Bonchev–Trinajstić information content (AvgIpc) is 3.07. The maximum Gasteiger partial charge on any atom is 0.228 e. The van der Waals surface area contributed by atoms with E-state index in [4.69, 9.17) is 4.74 Å². The standard InChI is InChI=1S/C21H22FNO4/c1-14(9-16-7-8-19(25)18(22)11-16)21(26)23-17(13-27-20(23)12-24)10-15-5-3-2-4-6-15/h2-8,11-12,14,17,20,25H,9-10,13H2,1H3. The number of carbonyl (C=O) groups excluding carboxylic acids is 2. The van der Waals surface area contributed by atoms with Crippen LogP contribution in [0.5, 0.6) is 5.75 Å². The molecule has 0 aliphatic carbocycles. The number of phenols is 1. The number of hydrogen-bond donors (Lipinski definition) is 1. The van der Waals surface area contributed by atoms with E-state index in [0.29, 0.717) is 31.3 Å². The van der Waals surface area contributed by atoms with Gasteiger partial charge >= 0.3 is 0 Å². The van der Waals surface area contributed by atoms with Crippen LogP contribution in [-0.2, 0) is 27.2 Å². The molecule has 0 radical (unpaired) electrons. The van der Waals surface area contributed by atoms with Crippen LogP contribution in [0.25, 0.3) is 0 Å². The third-order valence-electron chi connectivity index (χ3n) is 4.79. The number of hydrogen-bond acceptors (Lipinski definition) is 4. The third-order valence-corrected chi connectivity index (χ3v) is 4.79. The zero-order valence-electron chi connectivity index (χ0n) is 15.0. The molecule has 1 aliphatic heterocycles. The number of amides is 1. The third kappa shape index (κ3) is 4.34. The van der Waals surface area contributed by atoms with Crippen molar-refractivity contribution in [1.82, 2.24) is 4.90 Å². The number of nitrogens with zero attached hydrogens (tertiary/aromatic N) is 1. The summed E-state index contributed by atoms with van der Waals surface area (Å²) in [6.45, 7) is 2.04. The lowest BCUT2D eigenvalue weighted by Gasteiger charge is -2.28. The van der Waals surface area contributed by atoms with Gasteiger partial charge in [0.15, 0.2) is 24.1 Å². The fourth-order valence-corrected chi connectivity index (χ4v) is 3.40. The quantitative estimate of drug-likeness (QED) is 0.793. The van der Waals surface area contributed by atoms with Crippen LogP contribution in [0.3, 0.4) is 0 Å². The predicted molar refractivity (Wildman–Crippen MR) is 97.5 cm³/mol. The van der Waals surface area contributed by atoms with Crippen molar-refractivity contribution in [2.45, 2.75) is 32.0 Å². The van der Waals surface area contributed by atoms with Gasteiger partial charge in [0, 0.05) is 5.92 Å². The van der Waals surface area contributed by atoms with Gasteiger partial charge in [-0.3, -0.25) is 9.59 Å². The normalized spacial score (nSPS) is 20.4. The van der Waals surface area contributed by atoms with E-state index in [9.17, 15) is 19.1 Å². The van der Waals surface area contributed by atoms with E-state index < -0.39 is 23.7 Å². The number of rotatable bonds is 6. The molecule has 27 heavy (non-hydrogen) atoms. The Hall–Kier alpha value is -2.73. The molecule has 0 spiro atoms. The fraction of sp³-hybridized carbons (Fsp3) is 0.333. The number of aldehydes is 1. The van der Waals surface area contributed by atoms with Crippen molar-refractivity contribution in [2.24, 2.45) is 5.92 Å². The molecule has 3 atom stereocenters. The van der Waals surface area contributed by atoms with Crippen LogP contribution in [-0.4, -0.2) is 41.1 Å². The van der Waals surface area contributed by atoms with Crippen LogP contribution in [0.15, 0.2) is 48.5 Å². The van der Waals surface area contributed by atoms with Crippen LogP contribution in [0.1, 0.15) is 18.1 Å². The first kappa shape index (κ1) is 19.0. The largest absolute Gasteiger partial charge is 0.505 e. The summed E-state index contributed by atoms with van der Waals surface area (Å²) in [7, 11) is 0. The Balaban J connectivity index is 1.74. The lowest BCUT2D eigenvalue weighted by Crippen LogP contribution is -2.46. The summed E-state index contributed by atoms with van der Waals surface area (Å²) >= 11 is 0. The van der Waals surface area contributed by atoms with Gasteiger partial charge in [-0.1, -0.05) is 43.3 Å². The van der Waals surface area contributed by atoms with E-state index in [2.05, 4.69) is 0 Å². The molecular formula is C21H22FNO4. The molecule has 2 aromatic rings. The SMILES string of the molecule is CC(Cc1ccc(O)c(F)c1)C(=O)N1C(Cc2ccccc2)COC1C=O. The number of phenolic OH excluding ortho intramolecular Hbond substituents is 1. The molecule has 1 amide bonds. The Bertz CT molecular complexity index is 811. The molecule has 6 heteroatoms. The maximum absolute atomic E-state index is 13.5. The van der Waals surface area contributed by atoms with Gasteiger partial charge in [-0.15, -0.1) is 0 Å². The first-order valence-corrected chi connectivity index (χ1v) is 8.90. The Morgan fingerprint density at radius 2 is 2.04 bits per heavy atom. The zero-order chi connectivity index (χ0) is 19.4. The molecule has 0 aromatic heterocycles. The van der Waals surface area contributed by atoms with Crippen molar-refractivity contribution in [2.75, 3.05) is 6.61 Å². The van der Waals surface area contributed by atoms with Gasteiger partial charge in [-0.05, 0) is 36.1 Å². The highest BCUT2D eigenvalue weighted by atomic mass is 19.1. The molecule has 1 saturated heterocycles. The summed E-state index contributed by atoms with van der Waals surface area (Å²) in [5.74, 6) is -1.81. The molecule has 1 fully saturated rings. The second-order valence-corrected chi connectivity index (χ2v) is 6.84. The van der Waals surface area contributed by atoms with Gasteiger partial charge in [-0.2, -0.15) is 0 Å². The highest BCUT2D eigenvalue weighted by Gasteiger charge is 2.39. The Morgan fingerprint density at radius 3 is 2.70 bits per heavy atom. The monoisotopic (exact) mass is 371 g/mol. The van der Waals surface area contributed by atoms with E-state index in [1.165, 1.54) is 17.0 Å². The van der Waals surface area contributed by atoms with Crippen LogP contribution in [0.2, 0.25) is 0 Å². The lowest BCUT2D eigenvalue weighted by atomic mass is 9.98. The van der Waals surface area contributed by atoms with Gasteiger partial charge in [0.25, 0.3) is 0 Å². The molecule has 1 N–H and O–H groups in total. The predicted octanol–water partition coefficient (Wildman–Crippen LogP) is 2.71. The number of carbonyl (C=O) groups is 2. The summed E-state index contributed by atoms with van der Waals surface area (Å²) in [5.41, 5.74) is 1.66. The average molecular weight is 371 g/mol. The van der Waals surface area contributed by atoms with Crippen molar-refractivity contribution in [3.05, 3.63) is 65.5 Å². The van der Waals surface area contributed by atoms with Gasteiger partial charge in [0.05, 0.1) is 12.6 Å². The molecule has 5 nitrogen and oxygen atoms in total. The van der Waals surface area contributed by atoms with Crippen LogP contribution in [0, 0.1) is 11.7 Å². The first-order valence-electron chi connectivity index (χ1n) is 8.90. The molecule has 0 saturated carbocycles. The van der Waals surface area contributed by atoms with Gasteiger partial charge in [0.2, 0.25) is 5.91 Å². The summed E-state index contributed by atoms with van der Waals surface area (Å²) in [5, 5.41) is 9.30. The van der Waals surface area contributed by atoms with Crippen LogP contribution in [0.4, 0.5) is 4.39 Å². The highest BCUT2D eigenvalue weighted by Crippen LogP contribution is 2.24. The minimum Gasteiger partial charge on any atom is -0.505 e. The molecular weight excluding hydrogens is 349 g/mol. The molecule has 142 valence electrons. The molecule has 0 bridgehead atoms. The van der Waals surface area contributed by atoms with E-state index in [-0.39, 0.29) is 11.9 Å². The molecule has 2 aromatic carbocycles. The van der Waals surface area contributed by atoms with Gasteiger partial charge < -0.3 is 14.7 Å². The fourth-order valence-electron chi connectivity index (χ4n) is 3.40. The van der Waals surface area contributed by atoms with E-state index in [1.54, 1.807) is 13.0 Å². The summed E-state index contributed by atoms with van der Waals surface area (Å²) in [4.78, 5) is 25.9. The number of aromatic hydroxyl groups is 1. The Kier molecular flexibility index (Phi) is 5.86. The lowest BCUT2D eigenvalue weighted by molar-refractivity contribution is -0.145. The maximum atomic E-state index is 13.5. The van der Waals surface area contributed by atoms with Gasteiger partial charge in [-0.25, -0.2) is 4.39 Å². The van der Waals surface area contributed by atoms with Crippen LogP contribution < -0.4 is 0 Å².